The number of piperazine rings is 1. The standard InChI is InChI=1S/C23H30ClN3O/c1-18-8-11-21(24)16-22(18)27-14-12-26(13-15-27)17-23(28)25-19(2)9-10-20-6-4-3-5-7-20/h3-8,11,16,19H,9-10,12-15,17H2,1-2H3,(H,25,28)/t19-/m1/s1. The Morgan fingerprint density at radius 1 is 1.11 bits per heavy atom. The van der Waals surface area contributed by atoms with Crippen molar-refractivity contribution in [3.05, 3.63) is 64.7 Å². The van der Waals surface area contributed by atoms with Crippen LogP contribution in [0.4, 0.5) is 5.69 Å². The van der Waals surface area contributed by atoms with E-state index in [1.54, 1.807) is 0 Å². The van der Waals surface area contributed by atoms with Crippen molar-refractivity contribution in [2.75, 3.05) is 37.6 Å². The van der Waals surface area contributed by atoms with Crippen LogP contribution in [-0.2, 0) is 11.2 Å². The lowest BCUT2D eigenvalue weighted by atomic mass is 10.1. The van der Waals surface area contributed by atoms with Crippen LogP contribution in [0.15, 0.2) is 48.5 Å². The van der Waals surface area contributed by atoms with E-state index >= 15 is 0 Å². The van der Waals surface area contributed by atoms with Crippen molar-refractivity contribution in [1.29, 1.82) is 0 Å². The highest BCUT2D eigenvalue weighted by Crippen LogP contribution is 2.25. The first-order valence-electron chi connectivity index (χ1n) is 10.1. The molecule has 0 saturated carbocycles. The van der Waals surface area contributed by atoms with E-state index in [1.807, 2.05) is 18.2 Å². The first-order valence-corrected chi connectivity index (χ1v) is 10.5. The summed E-state index contributed by atoms with van der Waals surface area (Å²) in [6.07, 6.45) is 1.94. The molecule has 0 radical (unpaired) electrons. The van der Waals surface area contributed by atoms with Gasteiger partial charge in [0.1, 0.15) is 0 Å². The number of aryl methyl sites for hydroxylation is 2. The highest BCUT2D eigenvalue weighted by atomic mass is 35.5. The second-order valence-corrected chi connectivity index (χ2v) is 8.12. The Hall–Kier alpha value is -2.04. The van der Waals surface area contributed by atoms with E-state index in [1.165, 1.54) is 16.8 Å². The average molecular weight is 400 g/mol. The number of nitrogens with one attached hydrogen (secondary N) is 1. The first kappa shape index (κ1) is 20.7. The number of carbonyl (C=O) groups is 1. The summed E-state index contributed by atoms with van der Waals surface area (Å²) in [6, 6.07) is 16.6. The molecule has 3 rings (SSSR count). The van der Waals surface area contributed by atoms with Crippen LogP contribution in [0.2, 0.25) is 5.02 Å². The van der Waals surface area contributed by atoms with Gasteiger partial charge in [-0.25, -0.2) is 0 Å². The van der Waals surface area contributed by atoms with Crippen LogP contribution < -0.4 is 10.2 Å². The molecule has 1 saturated heterocycles. The Labute approximate surface area is 173 Å². The SMILES string of the molecule is Cc1ccc(Cl)cc1N1CCN(CC(=O)N[C@H](C)CCc2ccccc2)CC1. The summed E-state index contributed by atoms with van der Waals surface area (Å²) < 4.78 is 0. The maximum Gasteiger partial charge on any atom is 0.234 e. The summed E-state index contributed by atoms with van der Waals surface area (Å²) >= 11 is 6.16. The second kappa shape index (κ2) is 9.94. The molecule has 0 spiro atoms. The number of nitrogens with zero attached hydrogens (tertiary/aromatic N) is 2. The molecule has 1 aliphatic rings. The molecule has 0 aliphatic carbocycles. The van der Waals surface area contributed by atoms with Crippen LogP contribution in [0, 0.1) is 6.92 Å². The predicted octanol–water partition coefficient (Wildman–Crippen LogP) is 3.91. The molecule has 1 atom stereocenters. The summed E-state index contributed by atoms with van der Waals surface area (Å²) in [6.45, 7) is 8.27. The quantitative estimate of drug-likeness (QED) is 0.766. The fourth-order valence-corrected chi connectivity index (χ4v) is 3.86. The Balaban J connectivity index is 1.40. The fourth-order valence-electron chi connectivity index (χ4n) is 3.69. The topological polar surface area (TPSA) is 35.6 Å². The molecule has 1 aliphatic heterocycles. The zero-order valence-electron chi connectivity index (χ0n) is 16.8. The van der Waals surface area contributed by atoms with Gasteiger partial charge in [-0.05, 0) is 49.9 Å². The van der Waals surface area contributed by atoms with Gasteiger partial charge in [0.25, 0.3) is 0 Å². The molecule has 2 aromatic carbocycles. The van der Waals surface area contributed by atoms with Crippen molar-refractivity contribution in [3.8, 4) is 0 Å². The summed E-state index contributed by atoms with van der Waals surface area (Å²) in [5, 5.41) is 3.92. The van der Waals surface area contributed by atoms with E-state index in [0.717, 1.165) is 44.0 Å². The summed E-state index contributed by atoms with van der Waals surface area (Å²) in [5.74, 6) is 0.118. The number of rotatable bonds is 7. The first-order chi connectivity index (χ1) is 13.5. The van der Waals surface area contributed by atoms with Crippen molar-refractivity contribution in [3.63, 3.8) is 0 Å². The number of benzene rings is 2. The molecule has 0 aromatic heterocycles. The average Bonchev–Trinajstić information content (AvgIpc) is 2.69. The molecule has 5 heteroatoms. The van der Waals surface area contributed by atoms with Gasteiger partial charge in [0, 0.05) is 42.9 Å². The number of halogens is 1. The van der Waals surface area contributed by atoms with Gasteiger partial charge >= 0.3 is 0 Å². The maximum atomic E-state index is 12.4. The van der Waals surface area contributed by atoms with Gasteiger partial charge in [-0.1, -0.05) is 48.0 Å². The zero-order valence-corrected chi connectivity index (χ0v) is 17.6. The minimum absolute atomic E-state index is 0.118. The van der Waals surface area contributed by atoms with E-state index in [2.05, 4.69) is 59.3 Å². The lowest BCUT2D eigenvalue weighted by Gasteiger charge is -2.36. The molecule has 1 N–H and O–H groups in total. The molecule has 0 bridgehead atoms. The fraction of sp³-hybridized carbons (Fsp3) is 0.435. The largest absolute Gasteiger partial charge is 0.369 e. The molecule has 1 heterocycles. The smallest absolute Gasteiger partial charge is 0.234 e. The predicted molar refractivity (Wildman–Crippen MR) is 117 cm³/mol. The van der Waals surface area contributed by atoms with Gasteiger partial charge in [0.2, 0.25) is 5.91 Å². The van der Waals surface area contributed by atoms with E-state index in [4.69, 9.17) is 11.6 Å². The third-order valence-electron chi connectivity index (χ3n) is 5.37. The zero-order chi connectivity index (χ0) is 19.9. The monoisotopic (exact) mass is 399 g/mol. The summed E-state index contributed by atoms with van der Waals surface area (Å²) in [4.78, 5) is 17.0. The van der Waals surface area contributed by atoms with Crippen LogP contribution >= 0.6 is 11.6 Å². The number of carbonyl (C=O) groups excluding carboxylic acids is 1. The highest BCUT2D eigenvalue weighted by molar-refractivity contribution is 6.30. The van der Waals surface area contributed by atoms with Crippen molar-refractivity contribution in [1.82, 2.24) is 10.2 Å². The van der Waals surface area contributed by atoms with Gasteiger partial charge in [-0.15, -0.1) is 0 Å². The minimum Gasteiger partial charge on any atom is -0.369 e. The molecular weight excluding hydrogens is 370 g/mol. The van der Waals surface area contributed by atoms with Gasteiger partial charge in [0.05, 0.1) is 6.54 Å². The van der Waals surface area contributed by atoms with E-state index < -0.39 is 0 Å². The lowest BCUT2D eigenvalue weighted by Crippen LogP contribution is -2.50. The van der Waals surface area contributed by atoms with Crippen LogP contribution in [0.5, 0.6) is 0 Å². The van der Waals surface area contributed by atoms with Crippen molar-refractivity contribution in [2.24, 2.45) is 0 Å². The molecule has 1 fully saturated rings. The minimum atomic E-state index is 0.118. The third-order valence-corrected chi connectivity index (χ3v) is 5.60. The number of hydrogen-bond acceptors (Lipinski definition) is 3. The summed E-state index contributed by atoms with van der Waals surface area (Å²) in [5.41, 5.74) is 3.75. The number of anilines is 1. The number of hydrogen-bond donors (Lipinski definition) is 1. The van der Waals surface area contributed by atoms with Crippen LogP contribution in [0.3, 0.4) is 0 Å². The highest BCUT2D eigenvalue weighted by Gasteiger charge is 2.21. The summed E-state index contributed by atoms with van der Waals surface area (Å²) in [7, 11) is 0. The molecule has 4 nitrogen and oxygen atoms in total. The van der Waals surface area contributed by atoms with Crippen LogP contribution in [0.25, 0.3) is 0 Å². The molecule has 28 heavy (non-hydrogen) atoms. The molecule has 1 amide bonds. The van der Waals surface area contributed by atoms with Gasteiger partial charge in [0.15, 0.2) is 0 Å². The molecular formula is C23H30ClN3O. The van der Waals surface area contributed by atoms with Gasteiger partial charge in [-0.3, -0.25) is 9.69 Å². The van der Waals surface area contributed by atoms with Crippen LogP contribution in [-0.4, -0.2) is 49.6 Å². The molecule has 0 unspecified atom stereocenters. The van der Waals surface area contributed by atoms with E-state index in [0.29, 0.717) is 6.54 Å². The second-order valence-electron chi connectivity index (χ2n) is 7.69. The molecule has 150 valence electrons. The van der Waals surface area contributed by atoms with E-state index in [-0.39, 0.29) is 11.9 Å². The van der Waals surface area contributed by atoms with E-state index in [9.17, 15) is 4.79 Å². The number of amides is 1. The van der Waals surface area contributed by atoms with Crippen molar-refractivity contribution in [2.45, 2.75) is 32.7 Å². The Kier molecular flexibility index (Phi) is 7.35. The Bertz CT molecular complexity index is 773. The maximum absolute atomic E-state index is 12.4. The Morgan fingerprint density at radius 2 is 1.82 bits per heavy atom. The lowest BCUT2D eigenvalue weighted by molar-refractivity contribution is -0.122. The van der Waals surface area contributed by atoms with Gasteiger partial charge < -0.3 is 10.2 Å². The van der Waals surface area contributed by atoms with Crippen LogP contribution in [0.1, 0.15) is 24.5 Å². The van der Waals surface area contributed by atoms with Gasteiger partial charge in [-0.2, -0.15) is 0 Å². The molecule has 2 aromatic rings. The Morgan fingerprint density at radius 3 is 2.54 bits per heavy atom. The van der Waals surface area contributed by atoms with Crippen molar-refractivity contribution < 1.29 is 4.79 Å². The van der Waals surface area contributed by atoms with Crippen molar-refractivity contribution >= 4 is 23.2 Å². The normalized spacial score (nSPS) is 16.0. The third kappa shape index (κ3) is 5.98.